The molecule has 0 radical (unpaired) electrons. The van der Waals surface area contributed by atoms with Crippen molar-refractivity contribution in [1.29, 1.82) is 0 Å². The van der Waals surface area contributed by atoms with Gasteiger partial charge in [0.2, 0.25) is 5.28 Å². The van der Waals surface area contributed by atoms with Gasteiger partial charge < -0.3 is 14.8 Å². The number of rotatable bonds is 4. The number of thiophene rings is 1. The summed E-state index contributed by atoms with van der Waals surface area (Å²) in [6, 6.07) is 5.45. The highest BCUT2D eigenvalue weighted by atomic mass is 35.5. The third-order valence-electron chi connectivity index (χ3n) is 3.22. The summed E-state index contributed by atoms with van der Waals surface area (Å²) in [5.74, 6) is 1.71. The summed E-state index contributed by atoms with van der Waals surface area (Å²) in [5, 5.41) is 4.77. The Morgan fingerprint density at radius 2 is 1.78 bits per heavy atom. The van der Waals surface area contributed by atoms with E-state index in [1.165, 1.54) is 0 Å². The van der Waals surface area contributed by atoms with E-state index in [2.05, 4.69) is 15.3 Å². The molecule has 0 amide bonds. The summed E-state index contributed by atoms with van der Waals surface area (Å²) >= 11 is 13.7. The average molecular weight is 370 g/mol. The van der Waals surface area contributed by atoms with Crippen molar-refractivity contribution >= 4 is 56.3 Å². The Labute approximate surface area is 147 Å². The van der Waals surface area contributed by atoms with Gasteiger partial charge in [-0.05, 0) is 24.6 Å². The lowest BCUT2D eigenvalue weighted by Gasteiger charge is -2.14. The average Bonchev–Trinajstić information content (AvgIpc) is 2.88. The molecule has 5 nitrogen and oxygen atoms in total. The molecule has 0 saturated carbocycles. The topological polar surface area (TPSA) is 56.3 Å². The number of fused-ring (bicyclic) bond motifs is 1. The fourth-order valence-electron chi connectivity index (χ4n) is 2.20. The Hall–Kier alpha value is -1.76. The van der Waals surface area contributed by atoms with Crippen molar-refractivity contribution in [3.8, 4) is 11.5 Å². The van der Waals surface area contributed by atoms with Crippen LogP contribution in [0.3, 0.4) is 0 Å². The Balaban J connectivity index is 2.12. The number of hydrogen-bond acceptors (Lipinski definition) is 6. The molecule has 0 atom stereocenters. The number of hydrogen-bond donors (Lipinski definition) is 1. The summed E-state index contributed by atoms with van der Waals surface area (Å²) < 4.78 is 10.6. The van der Waals surface area contributed by atoms with Crippen LogP contribution >= 0.6 is 34.5 Å². The van der Waals surface area contributed by atoms with Gasteiger partial charge in [-0.25, -0.2) is 4.98 Å². The van der Waals surface area contributed by atoms with E-state index < -0.39 is 0 Å². The highest BCUT2D eigenvalue weighted by molar-refractivity contribution is 7.18. The van der Waals surface area contributed by atoms with Crippen LogP contribution in [-0.2, 0) is 0 Å². The number of anilines is 2. The largest absolute Gasteiger partial charge is 0.495 e. The van der Waals surface area contributed by atoms with Crippen LogP contribution in [0.15, 0.2) is 18.2 Å². The second kappa shape index (κ2) is 6.39. The first-order chi connectivity index (χ1) is 11.0. The third-order valence-corrected chi connectivity index (χ3v) is 4.62. The quantitative estimate of drug-likeness (QED) is 0.650. The lowest BCUT2D eigenvalue weighted by atomic mass is 10.2. The molecule has 2 aromatic heterocycles. The van der Waals surface area contributed by atoms with Gasteiger partial charge in [-0.3, -0.25) is 0 Å². The summed E-state index contributed by atoms with van der Waals surface area (Å²) in [7, 11) is 3.13. The van der Waals surface area contributed by atoms with Crippen LogP contribution in [0, 0.1) is 6.92 Å². The zero-order valence-corrected chi connectivity index (χ0v) is 14.9. The molecule has 0 saturated heterocycles. The summed E-state index contributed by atoms with van der Waals surface area (Å²) in [6.07, 6.45) is 0. The molecule has 0 aliphatic rings. The van der Waals surface area contributed by atoms with E-state index in [1.54, 1.807) is 37.7 Å². The number of methoxy groups -OCH3 is 2. The van der Waals surface area contributed by atoms with Crippen LogP contribution in [-0.4, -0.2) is 24.2 Å². The molecule has 1 N–H and O–H groups in total. The maximum absolute atomic E-state index is 6.13. The standard InChI is InChI=1S/C15H13Cl2N3O2S/c1-7-4-8-13(19-15(17)20-14(8)23-7)18-10-6-11(21-2)9(16)5-12(10)22-3/h4-6H,1-3H3,(H,18,19,20). The first-order valence-corrected chi connectivity index (χ1v) is 8.21. The van der Waals surface area contributed by atoms with Crippen LogP contribution in [0.4, 0.5) is 11.5 Å². The fraction of sp³-hybridized carbons (Fsp3) is 0.200. The van der Waals surface area contributed by atoms with Crippen molar-refractivity contribution in [2.45, 2.75) is 6.92 Å². The maximum atomic E-state index is 6.13. The van der Waals surface area contributed by atoms with Crippen molar-refractivity contribution in [1.82, 2.24) is 9.97 Å². The molecule has 3 aromatic rings. The summed E-state index contributed by atoms with van der Waals surface area (Å²) in [5.41, 5.74) is 0.675. The molecular weight excluding hydrogens is 357 g/mol. The second-order valence-corrected chi connectivity index (χ2v) is 6.71. The molecule has 0 aliphatic carbocycles. The lowest BCUT2D eigenvalue weighted by molar-refractivity contribution is 0.405. The van der Waals surface area contributed by atoms with Gasteiger partial charge in [0.15, 0.2) is 0 Å². The minimum absolute atomic E-state index is 0.182. The molecule has 0 aliphatic heterocycles. The highest BCUT2D eigenvalue weighted by Gasteiger charge is 2.14. The van der Waals surface area contributed by atoms with Gasteiger partial charge in [0.25, 0.3) is 0 Å². The normalized spacial score (nSPS) is 10.8. The Bertz CT molecular complexity index is 883. The Morgan fingerprint density at radius 1 is 1.04 bits per heavy atom. The summed E-state index contributed by atoms with van der Waals surface area (Å²) in [4.78, 5) is 10.5. The fourth-order valence-corrected chi connectivity index (χ4v) is 3.53. The molecule has 1 aromatic carbocycles. The molecule has 0 bridgehead atoms. The van der Waals surface area contributed by atoms with Crippen LogP contribution in [0.2, 0.25) is 10.3 Å². The minimum atomic E-state index is 0.182. The number of nitrogens with one attached hydrogen (secondary N) is 1. The molecule has 2 heterocycles. The molecular formula is C15H13Cl2N3O2S. The zero-order valence-electron chi connectivity index (χ0n) is 12.6. The molecule has 3 rings (SSSR count). The SMILES string of the molecule is COc1cc(Nc2nc(Cl)nc3sc(C)cc23)c(OC)cc1Cl. The molecule has 120 valence electrons. The molecule has 0 unspecified atom stereocenters. The van der Waals surface area contributed by atoms with Gasteiger partial charge in [-0.15, -0.1) is 11.3 Å². The van der Waals surface area contributed by atoms with Gasteiger partial charge in [0.1, 0.15) is 22.1 Å². The number of ether oxygens (including phenoxy) is 2. The van der Waals surface area contributed by atoms with Gasteiger partial charge >= 0.3 is 0 Å². The van der Waals surface area contributed by atoms with E-state index in [0.29, 0.717) is 28.0 Å². The van der Waals surface area contributed by atoms with E-state index in [9.17, 15) is 0 Å². The Morgan fingerprint density at radius 3 is 2.48 bits per heavy atom. The first-order valence-electron chi connectivity index (χ1n) is 6.64. The predicted octanol–water partition coefficient (Wildman–Crippen LogP) is 5.07. The zero-order chi connectivity index (χ0) is 16.6. The molecule has 23 heavy (non-hydrogen) atoms. The van der Waals surface area contributed by atoms with E-state index in [4.69, 9.17) is 32.7 Å². The van der Waals surface area contributed by atoms with Crippen molar-refractivity contribution in [2.24, 2.45) is 0 Å². The van der Waals surface area contributed by atoms with E-state index in [-0.39, 0.29) is 5.28 Å². The highest BCUT2D eigenvalue weighted by Crippen LogP contribution is 2.39. The number of nitrogens with zero attached hydrogens (tertiary/aromatic N) is 2. The first kappa shape index (κ1) is 16.1. The van der Waals surface area contributed by atoms with Gasteiger partial charge in [-0.2, -0.15) is 4.98 Å². The molecule has 0 spiro atoms. The molecule has 8 heteroatoms. The number of benzene rings is 1. The van der Waals surface area contributed by atoms with Crippen LogP contribution in [0.5, 0.6) is 11.5 Å². The van der Waals surface area contributed by atoms with Crippen LogP contribution in [0.25, 0.3) is 10.2 Å². The van der Waals surface area contributed by atoms with E-state index in [0.717, 1.165) is 15.1 Å². The predicted molar refractivity (Wildman–Crippen MR) is 95.0 cm³/mol. The Kier molecular flexibility index (Phi) is 4.48. The van der Waals surface area contributed by atoms with Crippen molar-refractivity contribution in [3.05, 3.63) is 33.4 Å². The monoisotopic (exact) mass is 369 g/mol. The van der Waals surface area contributed by atoms with Gasteiger partial charge in [-0.1, -0.05) is 11.6 Å². The molecule has 0 fully saturated rings. The van der Waals surface area contributed by atoms with Crippen molar-refractivity contribution < 1.29 is 9.47 Å². The number of aromatic nitrogens is 2. The van der Waals surface area contributed by atoms with Gasteiger partial charge in [0.05, 0.1) is 30.3 Å². The van der Waals surface area contributed by atoms with Gasteiger partial charge in [0, 0.05) is 17.0 Å². The van der Waals surface area contributed by atoms with Crippen LogP contribution < -0.4 is 14.8 Å². The minimum Gasteiger partial charge on any atom is -0.495 e. The van der Waals surface area contributed by atoms with E-state index in [1.807, 2.05) is 13.0 Å². The maximum Gasteiger partial charge on any atom is 0.225 e. The number of halogens is 2. The third kappa shape index (κ3) is 3.15. The lowest BCUT2D eigenvalue weighted by Crippen LogP contribution is -1.99. The van der Waals surface area contributed by atoms with Crippen molar-refractivity contribution in [3.63, 3.8) is 0 Å². The smallest absolute Gasteiger partial charge is 0.225 e. The van der Waals surface area contributed by atoms with Crippen molar-refractivity contribution in [2.75, 3.05) is 19.5 Å². The summed E-state index contributed by atoms with van der Waals surface area (Å²) in [6.45, 7) is 2.01. The number of aryl methyl sites for hydroxylation is 1. The second-order valence-electron chi connectivity index (χ2n) is 4.73. The van der Waals surface area contributed by atoms with Crippen LogP contribution in [0.1, 0.15) is 4.88 Å². The van der Waals surface area contributed by atoms with E-state index >= 15 is 0 Å².